The molecule has 4 heterocycles. The Morgan fingerprint density at radius 2 is 1.47 bits per heavy atom. The molecule has 0 amide bonds. The molecule has 1 aromatic rings. The predicted octanol–water partition coefficient (Wildman–Crippen LogP) is 6.09. The third kappa shape index (κ3) is 9.95. The van der Waals surface area contributed by atoms with Crippen LogP contribution in [0.5, 0.6) is 0 Å². The van der Waals surface area contributed by atoms with E-state index in [4.69, 9.17) is 4.98 Å². The van der Waals surface area contributed by atoms with E-state index in [0.717, 1.165) is 31.3 Å². The van der Waals surface area contributed by atoms with E-state index in [0.29, 0.717) is 12.1 Å². The second-order valence-electron chi connectivity index (χ2n) is 11.2. The normalized spacial score (nSPS) is 24.5. The molecule has 5 nitrogen and oxygen atoms in total. The highest BCUT2D eigenvalue weighted by Gasteiger charge is 2.33. The summed E-state index contributed by atoms with van der Waals surface area (Å²) in [5.41, 5.74) is 1.42. The molecular weight excluding hydrogens is 442 g/mol. The summed E-state index contributed by atoms with van der Waals surface area (Å²) >= 11 is 0. The van der Waals surface area contributed by atoms with Crippen molar-refractivity contribution in [3.63, 3.8) is 0 Å². The molecule has 36 heavy (non-hydrogen) atoms. The third-order valence-corrected chi connectivity index (χ3v) is 7.93. The first-order valence-electron chi connectivity index (χ1n) is 15.4. The highest BCUT2D eigenvalue weighted by Crippen LogP contribution is 2.27. The largest absolute Gasteiger partial charge is 0.353 e. The first-order valence-corrected chi connectivity index (χ1v) is 15.4. The summed E-state index contributed by atoms with van der Waals surface area (Å²) in [6.45, 7) is 25.2. The van der Waals surface area contributed by atoms with Gasteiger partial charge >= 0.3 is 0 Å². The van der Waals surface area contributed by atoms with E-state index >= 15 is 0 Å². The van der Waals surface area contributed by atoms with Gasteiger partial charge in [-0.05, 0) is 102 Å². The van der Waals surface area contributed by atoms with Gasteiger partial charge in [0.05, 0.1) is 0 Å². The standard InChI is InChI=1S/C26H45N5.C3H8.C2H6/c1-4-5-23-8-13-28-26(16-23)30-17-21(2)31(22(3)18-30)20-25-9-14-29(15-10-25)19-24-6-11-27-12-7-24;1-3-2;1-2/h8,13,16,21-22,24-25,27H,4-7,9-12,14-15,17-20H2,1-3H3;3H2,1-2H3;1-2H3/t21-,22+;;. The van der Waals surface area contributed by atoms with E-state index in [1.807, 2.05) is 20.0 Å². The van der Waals surface area contributed by atoms with Gasteiger partial charge in [0, 0.05) is 44.5 Å². The van der Waals surface area contributed by atoms with Crippen molar-refractivity contribution in [1.29, 1.82) is 0 Å². The van der Waals surface area contributed by atoms with Crippen molar-refractivity contribution in [2.45, 2.75) is 105 Å². The molecule has 0 aromatic carbocycles. The molecule has 3 fully saturated rings. The lowest BCUT2D eigenvalue weighted by atomic mass is 9.92. The van der Waals surface area contributed by atoms with Gasteiger partial charge in [-0.1, -0.05) is 47.5 Å². The highest BCUT2D eigenvalue weighted by molar-refractivity contribution is 5.42. The predicted molar refractivity (Wildman–Crippen MR) is 158 cm³/mol. The number of likely N-dealkylation sites (tertiary alicyclic amines) is 1. The fraction of sp³-hybridized carbons (Fsp3) is 0.839. The van der Waals surface area contributed by atoms with Crippen LogP contribution in [0.15, 0.2) is 18.3 Å². The summed E-state index contributed by atoms with van der Waals surface area (Å²) in [4.78, 5) is 12.8. The number of pyridine rings is 1. The molecule has 1 N–H and O–H groups in total. The Labute approximate surface area is 224 Å². The number of aryl methyl sites for hydroxylation is 1. The van der Waals surface area contributed by atoms with Crippen LogP contribution in [0.25, 0.3) is 0 Å². The number of piperidine rings is 2. The van der Waals surface area contributed by atoms with Crippen LogP contribution < -0.4 is 10.2 Å². The molecule has 4 rings (SSSR count). The molecule has 3 aliphatic rings. The summed E-state index contributed by atoms with van der Waals surface area (Å²) in [7, 11) is 0. The molecule has 208 valence electrons. The summed E-state index contributed by atoms with van der Waals surface area (Å²) in [6, 6.07) is 5.67. The molecule has 0 unspecified atom stereocenters. The van der Waals surface area contributed by atoms with E-state index in [-0.39, 0.29) is 0 Å². The van der Waals surface area contributed by atoms with Crippen molar-refractivity contribution < 1.29 is 0 Å². The summed E-state index contributed by atoms with van der Waals surface area (Å²) in [5.74, 6) is 2.97. The smallest absolute Gasteiger partial charge is 0.128 e. The summed E-state index contributed by atoms with van der Waals surface area (Å²) in [5, 5.41) is 3.50. The maximum absolute atomic E-state index is 4.71. The molecule has 0 radical (unpaired) electrons. The van der Waals surface area contributed by atoms with Gasteiger partial charge in [0.15, 0.2) is 0 Å². The number of rotatable bonds is 7. The first-order chi connectivity index (χ1) is 17.5. The fourth-order valence-corrected chi connectivity index (χ4v) is 6.06. The summed E-state index contributed by atoms with van der Waals surface area (Å²) in [6.07, 6.45) is 11.1. The fourth-order valence-electron chi connectivity index (χ4n) is 6.06. The number of nitrogens with zero attached hydrogens (tertiary/aromatic N) is 4. The van der Waals surface area contributed by atoms with Crippen LogP contribution in [0.4, 0.5) is 5.82 Å². The number of anilines is 1. The molecule has 0 spiro atoms. The van der Waals surface area contributed by atoms with Crippen LogP contribution >= 0.6 is 0 Å². The monoisotopic (exact) mass is 501 g/mol. The van der Waals surface area contributed by atoms with Crippen molar-refractivity contribution in [2.24, 2.45) is 11.8 Å². The lowest BCUT2D eigenvalue weighted by Gasteiger charge is -2.47. The molecule has 0 aliphatic carbocycles. The van der Waals surface area contributed by atoms with Gasteiger partial charge in [-0.15, -0.1) is 0 Å². The van der Waals surface area contributed by atoms with Crippen LogP contribution in [-0.4, -0.2) is 79.2 Å². The minimum Gasteiger partial charge on any atom is -0.353 e. The maximum atomic E-state index is 4.71. The van der Waals surface area contributed by atoms with Gasteiger partial charge < -0.3 is 15.1 Å². The SMILES string of the molecule is CC.CCC.CCCc1ccnc(N2C[C@@H](C)N(CC3CCN(CC4CCNCC4)CC3)[C@@H](C)C2)c1. The molecule has 1 aromatic heterocycles. The zero-order valence-corrected chi connectivity index (χ0v) is 24.9. The minimum atomic E-state index is 0.591. The van der Waals surface area contributed by atoms with E-state index in [2.05, 4.69) is 66.8 Å². The van der Waals surface area contributed by atoms with E-state index < -0.39 is 0 Å². The van der Waals surface area contributed by atoms with Crippen molar-refractivity contribution in [3.05, 3.63) is 23.9 Å². The first kappa shape index (κ1) is 31.1. The Morgan fingerprint density at radius 1 is 0.889 bits per heavy atom. The average Bonchev–Trinajstić information content (AvgIpc) is 2.90. The summed E-state index contributed by atoms with van der Waals surface area (Å²) < 4.78 is 0. The molecular formula is C31H59N5. The van der Waals surface area contributed by atoms with Gasteiger partial charge in [-0.3, -0.25) is 4.90 Å². The van der Waals surface area contributed by atoms with Gasteiger partial charge in [0.25, 0.3) is 0 Å². The zero-order valence-electron chi connectivity index (χ0n) is 24.9. The number of aromatic nitrogens is 1. The Balaban J connectivity index is 0.000000850. The molecule has 3 saturated heterocycles. The van der Waals surface area contributed by atoms with Crippen LogP contribution in [0.3, 0.4) is 0 Å². The molecule has 2 atom stereocenters. The van der Waals surface area contributed by atoms with Crippen LogP contribution in [0, 0.1) is 11.8 Å². The number of piperazine rings is 1. The topological polar surface area (TPSA) is 34.6 Å². The zero-order chi connectivity index (χ0) is 26.3. The lowest BCUT2D eigenvalue weighted by Crippen LogP contribution is -2.58. The van der Waals surface area contributed by atoms with E-state index in [1.165, 1.54) is 89.2 Å². The van der Waals surface area contributed by atoms with Crippen molar-refractivity contribution in [3.8, 4) is 0 Å². The van der Waals surface area contributed by atoms with Crippen LogP contribution in [-0.2, 0) is 6.42 Å². The Bertz CT molecular complexity index is 669. The van der Waals surface area contributed by atoms with Crippen LogP contribution in [0.1, 0.15) is 92.6 Å². The lowest BCUT2D eigenvalue weighted by molar-refractivity contribution is 0.0764. The average molecular weight is 502 g/mol. The molecule has 3 aliphatic heterocycles. The third-order valence-electron chi connectivity index (χ3n) is 7.93. The molecule has 0 saturated carbocycles. The Hall–Kier alpha value is -1.17. The maximum Gasteiger partial charge on any atom is 0.128 e. The molecule has 0 bridgehead atoms. The Morgan fingerprint density at radius 3 is 2.06 bits per heavy atom. The minimum absolute atomic E-state index is 0.591. The van der Waals surface area contributed by atoms with Gasteiger partial charge in [0.1, 0.15) is 5.82 Å². The van der Waals surface area contributed by atoms with Gasteiger partial charge in [-0.2, -0.15) is 0 Å². The second-order valence-corrected chi connectivity index (χ2v) is 11.2. The van der Waals surface area contributed by atoms with Crippen molar-refractivity contribution in [2.75, 3.05) is 57.3 Å². The highest BCUT2D eigenvalue weighted by atomic mass is 15.3. The quantitative estimate of drug-likeness (QED) is 0.489. The van der Waals surface area contributed by atoms with Crippen molar-refractivity contribution in [1.82, 2.24) is 20.1 Å². The van der Waals surface area contributed by atoms with Crippen molar-refractivity contribution >= 4 is 5.82 Å². The van der Waals surface area contributed by atoms with Gasteiger partial charge in [-0.25, -0.2) is 4.98 Å². The molecule has 5 heteroatoms. The second kappa shape index (κ2) is 17.4. The number of hydrogen-bond acceptors (Lipinski definition) is 5. The van der Waals surface area contributed by atoms with E-state index in [9.17, 15) is 0 Å². The van der Waals surface area contributed by atoms with Gasteiger partial charge in [0.2, 0.25) is 0 Å². The van der Waals surface area contributed by atoms with E-state index in [1.54, 1.807) is 0 Å². The number of hydrogen-bond donors (Lipinski definition) is 1. The Kier molecular flexibility index (Phi) is 15.0. The number of nitrogens with one attached hydrogen (secondary N) is 1. The van der Waals surface area contributed by atoms with Crippen LogP contribution in [0.2, 0.25) is 0 Å².